The minimum atomic E-state index is -0.332. The molecular formula is C12H17N3O. The molecule has 2 amide bonds. The highest BCUT2D eigenvalue weighted by Crippen LogP contribution is 2.24. The van der Waals surface area contributed by atoms with E-state index in [0.717, 1.165) is 18.7 Å². The number of rotatable bonds is 1. The number of nitrogens with zero attached hydrogens (tertiary/aromatic N) is 2. The third-order valence-electron chi connectivity index (χ3n) is 3.05. The van der Waals surface area contributed by atoms with Crippen LogP contribution >= 0.6 is 0 Å². The number of carbonyl (C=O) groups is 1. The summed E-state index contributed by atoms with van der Waals surface area (Å²) in [6, 6.07) is 9.79. The summed E-state index contributed by atoms with van der Waals surface area (Å²) < 4.78 is 0. The highest BCUT2D eigenvalue weighted by molar-refractivity contribution is 5.72. The number of likely N-dealkylation sites (N-methyl/N-ethyl adjacent to an activating group) is 1. The van der Waals surface area contributed by atoms with Gasteiger partial charge in [-0.2, -0.15) is 0 Å². The molecule has 0 unspecified atom stereocenters. The second-order valence-electron chi connectivity index (χ2n) is 4.22. The number of hydrogen-bond acceptors (Lipinski definition) is 2. The molecule has 1 aromatic carbocycles. The van der Waals surface area contributed by atoms with Crippen LogP contribution in [0.4, 0.5) is 4.79 Å². The molecule has 16 heavy (non-hydrogen) atoms. The van der Waals surface area contributed by atoms with E-state index >= 15 is 0 Å². The van der Waals surface area contributed by atoms with Crippen molar-refractivity contribution in [2.24, 2.45) is 5.73 Å². The van der Waals surface area contributed by atoms with Crippen molar-refractivity contribution < 1.29 is 4.79 Å². The number of piperazine rings is 1. The third kappa shape index (κ3) is 2.17. The predicted molar refractivity (Wildman–Crippen MR) is 63.0 cm³/mol. The van der Waals surface area contributed by atoms with Crippen molar-refractivity contribution >= 4 is 6.03 Å². The first-order valence-electron chi connectivity index (χ1n) is 5.48. The molecule has 1 aromatic rings. The minimum absolute atomic E-state index is 0.0810. The topological polar surface area (TPSA) is 49.6 Å². The van der Waals surface area contributed by atoms with Gasteiger partial charge in [0.2, 0.25) is 0 Å². The molecule has 0 bridgehead atoms. The lowest BCUT2D eigenvalue weighted by Gasteiger charge is -2.39. The van der Waals surface area contributed by atoms with E-state index < -0.39 is 0 Å². The maximum Gasteiger partial charge on any atom is 0.315 e. The molecule has 0 saturated carbocycles. The van der Waals surface area contributed by atoms with Crippen molar-refractivity contribution in [3.8, 4) is 0 Å². The van der Waals surface area contributed by atoms with E-state index in [2.05, 4.69) is 11.9 Å². The summed E-state index contributed by atoms with van der Waals surface area (Å²) in [5.74, 6) is 0. The molecule has 0 aromatic heterocycles. The molecule has 0 radical (unpaired) electrons. The average Bonchev–Trinajstić information content (AvgIpc) is 2.29. The van der Waals surface area contributed by atoms with Crippen molar-refractivity contribution in [2.75, 3.05) is 26.7 Å². The number of primary amides is 1. The van der Waals surface area contributed by atoms with Gasteiger partial charge in [-0.1, -0.05) is 30.3 Å². The monoisotopic (exact) mass is 219 g/mol. The van der Waals surface area contributed by atoms with Crippen molar-refractivity contribution in [1.29, 1.82) is 0 Å². The first kappa shape index (κ1) is 11.0. The lowest BCUT2D eigenvalue weighted by atomic mass is 10.0. The zero-order valence-electron chi connectivity index (χ0n) is 9.47. The lowest BCUT2D eigenvalue weighted by Crippen LogP contribution is -2.51. The van der Waals surface area contributed by atoms with Crippen LogP contribution in [0.1, 0.15) is 11.6 Å². The Morgan fingerprint density at radius 3 is 2.62 bits per heavy atom. The summed E-state index contributed by atoms with van der Waals surface area (Å²) in [4.78, 5) is 15.3. The van der Waals surface area contributed by atoms with E-state index in [9.17, 15) is 4.79 Å². The van der Waals surface area contributed by atoms with Crippen LogP contribution in [0.25, 0.3) is 0 Å². The molecular weight excluding hydrogens is 202 g/mol. The van der Waals surface area contributed by atoms with Crippen molar-refractivity contribution in [3.63, 3.8) is 0 Å². The van der Waals surface area contributed by atoms with Gasteiger partial charge < -0.3 is 15.5 Å². The summed E-state index contributed by atoms with van der Waals surface area (Å²) in [5.41, 5.74) is 6.55. The maximum absolute atomic E-state index is 11.4. The third-order valence-corrected chi connectivity index (χ3v) is 3.05. The first-order chi connectivity index (χ1) is 7.68. The molecule has 2 rings (SSSR count). The van der Waals surface area contributed by atoms with E-state index in [4.69, 9.17) is 5.73 Å². The summed E-state index contributed by atoms with van der Waals surface area (Å²) in [7, 11) is 2.06. The smallest absolute Gasteiger partial charge is 0.315 e. The average molecular weight is 219 g/mol. The number of benzene rings is 1. The maximum atomic E-state index is 11.4. The van der Waals surface area contributed by atoms with Crippen LogP contribution in [0.15, 0.2) is 30.3 Å². The van der Waals surface area contributed by atoms with Crippen LogP contribution in [0.5, 0.6) is 0 Å². The molecule has 4 heteroatoms. The Morgan fingerprint density at radius 2 is 2.00 bits per heavy atom. The number of urea groups is 1. The Labute approximate surface area is 95.6 Å². The van der Waals surface area contributed by atoms with Crippen LogP contribution in [0.2, 0.25) is 0 Å². The van der Waals surface area contributed by atoms with Gasteiger partial charge in [-0.25, -0.2) is 4.79 Å². The van der Waals surface area contributed by atoms with Crippen LogP contribution in [0, 0.1) is 0 Å². The number of hydrogen-bond donors (Lipinski definition) is 1. The highest BCUT2D eigenvalue weighted by Gasteiger charge is 2.28. The summed E-state index contributed by atoms with van der Waals surface area (Å²) in [6.45, 7) is 2.42. The summed E-state index contributed by atoms with van der Waals surface area (Å²) in [5, 5.41) is 0. The summed E-state index contributed by atoms with van der Waals surface area (Å²) >= 11 is 0. The Balaban J connectivity index is 2.24. The van der Waals surface area contributed by atoms with Crippen molar-refractivity contribution in [3.05, 3.63) is 35.9 Å². The van der Waals surface area contributed by atoms with Crippen LogP contribution in [0.3, 0.4) is 0 Å². The molecule has 0 spiro atoms. The van der Waals surface area contributed by atoms with E-state index in [1.807, 2.05) is 30.3 Å². The van der Waals surface area contributed by atoms with Crippen molar-refractivity contribution in [2.45, 2.75) is 6.04 Å². The van der Waals surface area contributed by atoms with Crippen LogP contribution in [-0.2, 0) is 0 Å². The van der Waals surface area contributed by atoms with Crippen LogP contribution in [-0.4, -0.2) is 42.5 Å². The van der Waals surface area contributed by atoms with Gasteiger partial charge in [-0.15, -0.1) is 0 Å². The Kier molecular flexibility index (Phi) is 3.10. The van der Waals surface area contributed by atoms with Gasteiger partial charge in [-0.3, -0.25) is 0 Å². The lowest BCUT2D eigenvalue weighted by molar-refractivity contribution is 0.114. The van der Waals surface area contributed by atoms with Gasteiger partial charge in [0, 0.05) is 19.6 Å². The number of nitrogens with two attached hydrogens (primary N) is 1. The van der Waals surface area contributed by atoms with E-state index in [1.165, 1.54) is 0 Å². The quantitative estimate of drug-likeness (QED) is 0.767. The van der Waals surface area contributed by atoms with E-state index in [-0.39, 0.29) is 12.1 Å². The molecule has 1 atom stereocenters. The zero-order valence-corrected chi connectivity index (χ0v) is 9.47. The predicted octanol–water partition coefficient (Wildman–Crippen LogP) is 1.05. The SMILES string of the molecule is CN1CCN(C(N)=O)[C@H](c2ccccc2)C1. The fourth-order valence-corrected chi connectivity index (χ4v) is 2.14. The normalized spacial score (nSPS) is 22.1. The van der Waals surface area contributed by atoms with Crippen molar-refractivity contribution in [1.82, 2.24) is 9.80 Å². The first-order valence-corrected chi connectivity index (χ1v) is 5.48. The Bertz CT molecular complexity index is 366. The van der Waals surface area contributed by atoms with Gasteiger partial charge in [0.05, 0.1) is 6.04 Å². The highest BCUT2D eigenvalue weighted by atomic mass is 16.2. The number of carbonyl (C=O) groups excluding carboxylic acids is 1. The second-order valence-corrected chi connectivity index (χ2v) is 4.22. The van der Waals surface area contributed by atoms with Gasteiger partial charge in [0.25, 0.3) is 0 Å². The Hall–Kier alpha value is -1.55. The summed E-state index contributed by atoms with van der Waals surface area (Å²) in [6.07, 6.45) is 0. The molecule has 1 fully saturated rings. The van der Waals surface area contributed by atoms with Crippen LogP contribution < -0.4 is 5.73 Å². The van der Waals surface area contributed by atoms with E-state index in [1.54, 1.807) is 4.90 Å². The molecule has 1 aliphatic heterocycles. The molecule has 1 heterocycles. The Morgan fingerprint density at radius 1 is 1.31 bits per heavy atom. The molecule has 1 saturated heterocycles. The standard InChI is InChI=1S/C12H17N3O/c1-14-7-8-15(12(13)16)11(9-14)10-5-3-2-4-6-10/h2-6,11H,7-9H2,1H3,(H2,13,16)/t11-/m0/s1. The zero-order chi connectivity index (χ0) is 11.5. The van der Waals surface area contributed by atoms with E-state index in [0.29, 0.717) is 6.54 Å². The molecule has 4 nitrogen and oxygen atoms in total. The number of amides is 2. The fraction of sp³-hybridized carbons (Fsp3) is 0.417. The van der Waals surface area contributed by atoms with Gasteiger partial charge >= 0.3 is 6.03 Å². The minimum Gasteiger partial charge on any atom is -0.351 e. The molecule has 1 aliphatic rings. The molecule has 2 N–H and O–H groups in total. The van der Waals surface area contributed by atoms with Gasteiger partial charge in [-0.05, 0) is 12.6 Å². The fourth-order valence-electron chi connectivity index (χ4n) is 2.14. The van der Waals surface area contributed by atoms with Gasteiger partial charge in [0.15, 0.2) is 0 Å². The van der Waals surface area contributed by atoms with Gasteiger partial charge in [0.1, 0.15) is 0 Å². The second kappa shape index (κ2) is 4.53. The molecule has 86 valence electrons. The largest absolute Gasteiger partial charge is 0.351 e. The molecule has 0 aliphatic carbocycles.